The summed E-state index contributed by atoms with van der Waals surface area (Å²) in [5.74, 6) is 0.264. The van der Waals surface area contributed by atoms with E-state index >= 15 is 0 Å². The van der Waals surface area contributed by atoms with Gasteiger partial charge in [-0.1, -0.05) is 70.1 Å². The molecule has 0 aromatic rings. The van der Waals surface area contributed by atoms with E-state index in [1.807, 2.05) is 6.92 Å². The molecule has 0 saturated carbocycles. The Morgan fingerprint density at radius 2 is 1.67 bits per heavy atom. The average molecular weight is 270 g/mol. The second-order valence-electron chi connectivity index (χ2n) is 5.41. The van der Waals surface area contributed by atoms with Gasteiger partial charge in [0.1, 0.15) is 5.76 Å². The number of unbranched alkanes of at least 4 members (excludes halogenated alkanes) is 7. The first kappa shape index (κ1) is 15.6. The van der Waals surface area contributed by atoms with E-state index in [-0.39, 0.29) is 15.6 Å². The van der Waals surface area contributed by atoms with Gasteiger partial charge in [-0.25, -0.2) is 0 Å². The number of aliphatic hydroxyl groups excluding tert-OH is 1. The summed E-state index contributed by atoms with van der Waals surface area (Å²) in [6.45, 7) is 4.21. The molecule has 1 atom stereocenters. The summed E-state index contributed by atoms with van der Waals surface area (Å²) in [4.78, 5) is 11.2. The van der Waals surface area contributed by atoms with Gasteiger partial charge in [-0.05, 0) is 13.3 Å². The standard InChI is InChI=1S/C15H26O2S/c1-3-4-5-6-7-8-9-10-11-15(2)13(16)12-14(17)18-15/h12,16H,3-11H2,1-2H3/t15-/m1/s1. The molecule has 3 heteroatoms. The van der Waals surface area contributed by atoms with E-state index in [4.69, 9.17) is 0 Å². The minimum atomic E-state index is -0.348. The van der Waals surface area contributed by atoms with Crippen LogP contribution in [0.4, 0.5) is 0 Å². The molecule has 1 aliphatic rings. The molecule has 1 N–H and O–H groups in total. The third kappa shape index (κ3) is 5.05. The smallest absolute Gasteiger partial charge is 0.216 e. The lowest BCUT2D eigenvalue weighted by Crippen LogP contribution is -2.20. The molecule has 0 saturated heterocycles. The zero-order valence-electron chi connectivity index (χ0n) is 11.7. The third-order valence-electron chi connectivity index (χ3n) is 3.63. The zero-order valence-corrected chi connectivity index (χ0v) is 12.5. The molecular weight excluding hydrogens is 244 g/mol. The number of rotatable bonds is 9. The fourth-order valence-electron chi connectivity index (χ4n) is 2.34. The van der Waals surface area contributed by atoms with Crippen LogP contribution in [0.3, 0.4) is 0 Å². The molecule has 0 unspecified atom stereocenters. The van der Waals surface area contributed by atoms with Gasteiger partial charge in [-0.3, -0.25) is 4.79 Å². The Kier molecular flexibility index (Phi) is 6.83. The number of aliphatic hydroxyl groups is 1. The molecule has 18 heavy (non-hydrogen) atoms. The highest BCUT2D eigenvalue weighted by atomic mass is 32.2. The van der Waals surface area contributed by atoms with Gasteiger partial charge in [0.2, 0.25) is 5.12 Å². The van der Waals surface area contributed by atoms with Crippen LogP contribution in [0.25, 0.3) is 0 Å². The zero-order chi connectivity index (χ0) is 13.4. The molecule has 0 aromatic heterocycles. The van der Waals surface area contributed by atoms with E-state index in [0.29, 0.717) is 0 Å². The van der Waals surface area contributed by atoms with Crippen LogP contribution in [0.15, 0.2) is 11.8 Å². The van der Waals surface area contributed by atoms with Crippen LogP contribution in [-0.2, 0) is 4.79 Å². The molecule has 1 rings (SSSR count). The molecule has 104 valence electrons. The first-order chi connectivity index (χ1) is 8.58. The van der Waals surface area contributed by atoms with Crippen molar-refractivity contribution in [3.05, 3.63) is 11.8 Å². The Morgan fingerprint density at radius 1 is 1.11 bits per heavy atom. The quantitative estimate of drug-likeness (QED) is 0.600. The van der Waals surface area contributed by atoms with Crippen LogP contribution in [-0.4, -0.2) is 15.0 Å². The summed E-state index contributed by atoms with van der Waals surface area (Å²) in [6, 6.07) is 0. The summed E-state index contributed by atoms with van der Waals surface area (Å²) in [5, 5.41) is 9.73. The van der Waals surface area contributed by atoms with E-state index in [0.717, 1.165) is 12.8 Å². The van der Waals surface area contributed by atoms with Gasteiger partial charge in [0, 0.05) is 6.08 Å². The first-order valence-corrected chi connectivity index (χ1v) is 8.04. The van der Waals surface area contributed by atoms with Gasteiger partial charge in [0.25, 0.3) is 0 Å². The predicted molar refractivity (Wildman–Crippen MR) is 78.9 cm³/mol. The van der Waals surface area contributed by atoms with Gasteiger partial charge in [0.15, 0.2) is 0 Å². The lowest BCUT2D eigenvalue weighted by Gasteiger charge is -2.22. The fraction of sp³-hybridized carbons (Fsp3) is 0.800. The fourth-order valence-corrected chi connectivity index (χ4v) is 3.37. The lowest BCUT2D eigenvalue weighted by atomic mass is 9.99. The Balaban J connectivity index is 2.05. The van der Waals surface area contributed by atoms with Crippen molar-refractivity contribution in [2.45, 2.75) is 76.4 Å². The van der Waals surface area contributed by atoms with Crippen molar-refractivity contribution < 1.29 is 9.90 Å². The van der Waals surface area contributed by atoms with Crippen molar-refractivity contribution >= 4 is 16.9 Å². The van der Waals surface area contributed by atoms with E-state index in [2.05, 4.69) is 6.92 Å². The Hall–Kier alpha value is -0.440. The molecule has 0 amide bonds. The third-order valence-corrected chi connectivity index (χ3v) is 4.81. The van der Waals surface area contributed by atoms with Crippen molar-refractivity contribution in [2.75, 3.05) is 0 Å². The number of hydrogen-bond donors (Lipinski definition) is 1. The Labute approximate surface area is 115 Å². The van der Waals surface area contributed by atoms with Gasteiger partial charge >= 0.3 is 0 Å². The molecule has 0 aliphatic carbocycles. The van der Waals surface area contributed by atoms with Crippen molar-refractivity contribution in [1.29, 1.82) is 0 Å². The number of thioether (sulfide) groups is 1. The van der Waals surface area contributed by atoms with Crippen LogP contribution in [0.1, 0.15) is 71.6 Å². The summed E-state index contributed by atoms with van der Waals surface area (Å²) in [6.07, 6.45) is 12.6. The van der Waals surface area contributed by atoms with E-state index in [1.165, 1.54) is 62.8 Å². The molecule has 2 nitrogen and oxygen atoms in total. The maximum atomic E-state index is 11.2. The minimum Gasteiger partial charge on any atom is -0.511 e. The number of carbonyl (C=O) groups is 1. The Bertz CT molecular complexity index is 299. The highest BCUT2D eigenvalue weighted by molar-refractivity contribution is 8.15. The predicted octanol–water partition coefficient (Wildman–Crippen LogP) is 4.99. The van der Waals surface area contributed by atoms with Crippen LogP contribution in [0, 0.1) is 0 Å². The normalized spacial score (nSPS) is 23.4. The number of hydrogen-bond acceptors (Lipinski definition) is 3. The molecule has 0 bridgehead atoms. The molecule has 0 aromatic carbocycles. The van der Waals surface area contributed by atoms with E-state index in [1.54, 1.807) is 0 Å². The summed E-state index contributed by atoms with van der Waals surface area (Å²) in [5.41, 5.74) is 0. The topological polar surface area (TPSA) is 37.3 Å². The maximum absolute atomic E-state index is 11.2. The van der Waals surface area contributed by atoms with Crippen LogP contribution in [0.5, 0.6) is 0 Å². The molecule has 0 spiro atoms. The molecule has 0 radical (unpaired) electrons. The SMILES string of the molecule is CCCCCCCCCC[C@@]1(C)SC(=O)C=C1O. The highest BCUT2D eigenvalue weighted by Gasteiger charge is 2.37. The largest absolute Gasteiger partial charge is 0.511 e. The van der Waals surface area contributed by atoms with Crippen molar-refractivity contribution in [3.63, 3.8) is 0 Å². The summed E-state index contributed by atoms with van der Waals surface area (Å²) >= 11 is 1.27. The van der Waals surface area contributed by atoms with E-state index in [9.17, 15) is 9.90 Å². The van der Waals surface area contributed by atoms with Crippen LogP contribution >= 0.6 is 11.8 Å². The summed E-state index contributed by atoms with van der Waals surface area (Å²) in [7, 11) is 0. The van der Waals surface area contributed by atoms with E-state index < -0.39 is 0 Å². The minimum absolute atomic E-state index is 0.00503. The molecule has 1 aliphatic heterocycles. The van der Waals surface area contributed by atoms with Crippen molar-refractivity contribution in [1.82, 2.24) is 0 Å². The van der Waals surface area contributed by atoms with Crippen molar-refractivity contribution in [2.24, 2.45) is 0 Å². The number of carbonyl (C=O) groups excluding carboxylic acids is 1. The average Bonchev–Trinajstić information content (AvgIpc) is 2.57. The van der Waals surface area contributed by atoms with Crippen LogP contribution < -0.4 is 0 Å². The van der Waals surface area contributed by atoms with Crippen molar-refractivity contribution in [3.8, 4) is 0 Å². The summed E-state index contributed by atoms with van der Waals surface area (Å²) < 4.78 is -0.348. The van der Waals surface area contributed by atoms with Gasteiger partial charge in [-0.15, -0.1) is 0 Å². The van der Waals surface area contributed by atoms with Gasteiger partial charge < -0.3 is 5.11 Å². The second kappa shape index (κ2) is 7.88. The highest BCUT2D eigenvalue weighted by Crippen LogP contribution is 2.42. The maximum Gasteiger partial charge on any atom is 0.216 e. The van der Waals surface area contributed by atoms with Gasteiger partial charge in [-0.2, -0.15) is 0 Å². The van der Waals surface area contributed by atoms with Gasteiger partial charge in [0.05, 0.1) is 4.75 Å². The Morgan fingerprint density at radius 3 is 2.17 bits per heavy atom. The second-order valence-corrected chi connectivity index (χ2v) is 6.91. The molecule has 0 fully saturated rings. The monoisotopic (exact) mass is 270 g/mol. The lowest BCUT2D eigenvalue weighted by molar-refractivity contribution is -0.106. The molecular formula is C15H26O2S. The molecule has 1 heterocycles. The first-order valence-electron chi connectivity index (χ1n) is 7.22. The van der Waals surface area contributed by atoms with Crippen LogP contribution in [0.2, 0.25) is 0 Å².